The van der Waals surface area contributed by atoms with Gasteiger partial charge in [-0.3, -0.25) is 4.79 Å². The monoisotopic (exact) mass is 366 g/mol. The zero-order valence-electron chi connectivity index (χ0n) is 15.5. The van der Waals surface area contributed by atoms with Crippen molar-refractivity contribution in [3.8, 4) is 0 Å². The normalized spacial score (nSPS) is 49.7. The number of piperidine rings is 2. The van der Waals surface area contributed by atoms with Gasteiger partial charge in [0.2, 0.25) is 11.5 Å². The number of nitrogens with one attached hydrogen (secondary N) is 1. The molecule has 4 fully saturated rings. The minimum absolute atomic E-state index is 0.00539. The van der Waals surface area contributed by atoms with Gasteiger partial charge in [0.15, 0.2) is 6.04 Å². The number of ketones is 1. The van der Waals surface area contributed by atoms with E-state index in [4.69, 9.17) is 4.74 Å². The fraction of sp³-hybridized carbons (Fsp3) is 0.524. The van der Waals surface area contributed by atoms with Crippen LogP contribution in [-0.4, -0.2) is 54.7 Å². The number of ether oxygens (including phenoxy) is 1. The Balaban J connectivity index is 1.79. The number of rotatable bonds is 1. The third-order valence-corrected chi connectivity index (χ3v) is 8.33. The van der Waals surface area contributed by atoms with Crippen LogP contribution in [0.4, 0.5) is 5.69 Å². The molecule has 6 heteroatoms. The van der Waals surface area contributed by atoms with Crippen LogP contribution in [0, 0.1) is 11.3 Å². The predicted molar refractivity (Wildman–Crippen MR) is 94.4 cm³/mol. The highest BCUT2D eigenvalue weighted by Gasteiger charge is 2.89. The molecule has 3 saturated heterocycles. The molecule has 4 heterocycles. The topological polar surface area (TPSA) is 78.5 Å². The van der Waals surface area contributed by atoms with Crippen molar-refractivity contribution in [1.29, 1.82) is 0 Å². The van der Waals surface area contributed by atoms with Crippen molar-refractivity contribution in [1.82, 2.24) is 0 Å². The second-order valence-electron chi connectivity index (χ2n) is 9.07. The van der Waals surface area contributed by atoms with E-state index >= 15 is 0 Å². The van der Waals surface area contributed by atoms with Crippen LogP contribution in [0.3, 0.4) is 0 Å². The van der Waals surface area contributed by atoms with Gasteiger partial charge in [-0.25, -0.2) is 0 Å². The van der Waals surface area contributed by atoms with Crippen LogP contribution in [0.1, 0.15) is 18.9 Å². The van der Waals surface area contributed by atoms with E-state index in [-0.39, 0.29) is 12.4 Å². The molecule has 0 unspecified atom stereocenters. The summed E-state index contributed by atoms with van der Waals surface area (Å²) in [5.74, 6) is -1.83. The predicted octanol–water partition coefficient (Wildman–Crippen LogP) is 0.190. The number of nitrogens with zero attached hydrogens (tertiary/aromatic N) is 1. The van der Waals surface area contributed by atoms with Crippen molar-refractivity contribution in [2.75, 3.05) is 32.1 Å². The molecule has 0 amide bonds. The Morgan fingerprint density at radius 2 is 2.19 bits per heavy atom. The van der Waals surface area contributed by atoms with E-state index in [1.165, 1.54) is 0 Å². The molecule has 0 spiro atoms. The summed E-state index contributed by atoms with van der Waals surface area (Å²) in [6.45, 7) is 3.35. The van der Waals surface area contributed by atoms with Crippen molar-refractivity contribution >= 4 is 17.4 Å². The molecule has 27 heavy (non-hydrogen) atoms. The van der Waals surface area contributed by atoms with Gasteiger partial charge in [-0.2, -0.15) is 0 Å². The van der Waals surface area contributed by atoms with Crippen molar-refractivity contribution in [3.05, 3.63) is 41.5 Å². The Kier molecular flexibility index (Phi) is 2.51. The lowest BCUT2D eigenvalue weighted by Gasteiger charge is -2.67. The zero-order valence-corrected chi connectivity index (χ0v) is 15.5. The fourth-order valence-electron chi connectivity index (χ4n) is 7.49. The van der Waals surface area contributed by atoms with Crippen LogP contribution in [0.15, 0.2) is 35.9 Å². The summed E-state index contributed by atoms with van der Waals surface area (Å²) < 4.78 is 6.98. The average molecular weight is 366 g/mol. The SMILES string of the molecule is C/C=C1/C[N@+]2(C)CC[C@@]34c5ccccc5N[C@]35OC[C@]4(C(=O)[O-])[C@@H]1C(=O)[C@@H]52. The number of Topliss-reactive ketones (excluding diaryl/α,β-unsaturated/α-hetero) is 1. The minimum Gasteiger partial charge on any atom is -0.549 e. The van der Waals surface area contributed by atoms with Crippen LogP contribution < -0.4 is 10.4 Å². The smallest absolute Gasteiger partial charge is 0.210 e. The molecule has 6 atom stereocenters. The summed E-state index contributed by atoms with van der Waals surface area (Å²) in [6.07, 6.45) is 2.61. The van der Waals surface area contributed by atoms with Gasteiger partial charge < -0.3 is 24.4 Å². The third-order valence-electron chi connectivity index (χ3n) is 8.33. The minimum atomic E-state index is -1.37. The molecule has 0 radical (unpaired) electrons. The number of benzene rings is 1. The van der Waals surface area contributed by atoms with Gasteiger partial charge in [0.05, 0.1) is 42.9 Å². The number of para-hydroxylation sites is 1. The summed E-state index contributed by atoms with van der Waals surface area (Å²) in [6, 6.07) is 7.44. The summed E-state index contributed by atoms with van der Waals surface area (Å²) in [5, 5.41) is 16.4. The summed E-state index contributed by atoms with van der Waals surface area (Å²) >= 11 is 0. The first-order valence-electron chi connectivity index (χ1n) is 9.64. The number of carboxylic acids is 1. The maximum absolute atomic E-state index is 13.8. The van der Waals surface area contributed by atoms with E-state index in [0.717, 1.165) is 23.4 Å². The first-order valence-corrected chi connectivity index (χ1v) is 9.64. The second-order valence-corrected chi connectivity index (χ2v) is 9.07. The third kappa shape index (κ3) is 1.26. The second kappa shape index (κ2) is 4.28. The number of anilines is 1. The number of fused-ring (bicyclic) bond motifs is 3. The van der Waals surface area contributed by atoms with Crippen LogP contribution >= 0.6 is 0 Å². The maximum Gasteiger partial charge on any atom is 0.210 e. The molecule has 0 aromatic heterocycles. The number of carboxylic acid groups (broad SMARTS) is 1. The number of hydrogen-bond donors (Lipinski definition) is 1. The standard InChI is InChI=1S/C21H22N2O4/c1-3-12-10-23(2)9-8-20-13-6-4-5-7-14(13)22-21(20)17(23)16(24)15(12)19(20,11-27-21)18(25)26/h3-7,15,17,22H,8-11H2,1-2H3/b12-3-/t15-,17-,19+,20-,21+,23-/m0/s1. The fourth-order valence-corrected chi connectivity index (χ4v) is 7.49. The Hall–Kier alpha value is -2.18. The van der Waals surface area contributed by atoms with E-state index in [1.54, 1.807) is 0 Å². The van der Waals surface area contributed by atoms with Crippen molar-refractivity contribution in [3.63, 3.8) is 0 Å². The maximum atomic E-state index is 13.8. The van der Waals surface area contributed by atoms with Gasteiger partial charge in [-0.1, -0.05) is 24.3 Å². The molecule has 140 valence electrons. The number of allylic oxidation sites excluding steroid dienone is 1. The number of aliphatic carboxylic acids is 1. The van der Waals surface area contributed by atoms with Crippen LogP contribution in [0.25, 0.3) is 0 Å². The zero-order chi connectivity index (χ0) is 18.8. The highest BCUT2D eigenvalue weighted by atomic mass is 16.5. The number of quaternary nitrogens is 1. The number of likely N-dealkylation sites (N-methyl/N-ethyl adjacent to an activating group) is 1. The van der Waals surface area contributed by atoms with E-state index < -0.39 is 34.5 Å². The highest BCUT2D eigenvalue weighted by molar-refractivity contribution is 6.01. The molecule has 6 nitrogen and oxygen atoms in total. The van der Waals surface area contributed by atoms with Gasteiger partial charge in [0.1, 0.15) is 6.54 Å². The molecule has 1 N–H and O–H groups in total. The van der Waals surface area contributed by atoms with Gasteiger partial charge in [-0.15, -0.1) is 0 Å². The molecule has 1 aliphatic carbocycles. The highest BCUT2D eigenvalue weighted by Crippen LogP contribution is 2.74. The van der Waals surface area contributed by atoms with Gasteiger partial charge in [0.25, 0.3) is 0 Å². The van der Waals surface area contributed by atoms with E-state index in [0.29, 0.717) is 17.4 Å². The molecule has 6 rings (SSSR count). The number of carbonyl (C=O) groups excluding carboxylic acids is 2. The largest absolute Gasteiger partial charge is 0.549 e. The lowest BCUT2D eigenvalue weighted by Crippen LogP contribution is -2.86. The summed E-state index contributed by atoms with van der Waals surface area (Å²) in [7, 11) is 2.11. The first-order chi connectivity index (χ1) is 12.9. The van der Waals surface area contributed by atoms with Crippen LogP contribution in [0.5, 0.6) is 0 Å². The lowest BCUT2D eigenvalue weighted by molar-refractivity contribution is -0.937. The molecular weight excluding hydrogens is 344 g/mol. The Morgan fingerprint density at radius 1 is 1.41 bits per heavy atom. The Labute approximate surface area is 157 Å². The van der Waals surface area contributed by atoms with E-state index in [2.05, 4.69) is 12.4 Å². The average Bonchev–Trinajstić information content (AvgIpc) is 3.05. The van der Waals surface area contributed by atoms with Gasteiger partial charge in [0, 0.05) is 12.1 Å². The van der Waals surface area contributed by atoms with Crippen molar-refractivity contribution in [2.45, 2.75) is 30.5 Å². The van der Waals surface area contributed by atoms with Crippen molar-refractivity contribution in [2.24, 2.45) is 11.3 Å². The molecule has 1 aromatic carbocycles. The molecule has 5 aliphatic rings. The Bertz CT molecular complexity index is 973. The number of carbonyl (C=O) groups is 2. The summed E-state index contributed by atoms with van der Waals surface area (Å²) in [5.41, 5.74) is -0.378. The van der Waals surface area contributed by atoms with Gasteiger partial charge in [-0.05, 0) is 24.1 Å². The molecule has 1 saturated carbocycles. The molecule has 1 aromatic rings. The van der Waals surface area contributed by atoms with E-state index in [1.807, 2.05) is 37.3 Å². The lowest BCUT2D eigenvalue weighted by atomic mass is 9.42. The Morgan fingerprint density at radius 3 is 2.93 bits per heavy atom. The van der Waals surface area contributed by atoms with Crippen molar-refractivity contribution < 1.29 is 23.9 Å². The molecular formula is C21H22N2O4. The van der Waals surface area contributed by atoms with Crippen LogP contribution in [0.2, 0.25) is 0 Å². The van der Waals surface area contributed by atoms with Crippen LogP contribution in [-0.2, 0) is 19.7 Å². The molecule has 5 bridgehead atoms. The quantitative estimate of drug-likeness (QED) is 0.567. The first kappa shape index (κ1) is 15.8. The van der Waals surface area contributed by atoms with Gasteiger partial charge >= 0.3 is 0 Å². The number of hydrogen-bond acceptors (Lipinski definition) is 5. The summed E-state index contributed by atoms with van der Waals surface area (Å²) in [4.78, 5) is 26.6. The van der Waals surface area contributed by atoms with E-state index in [9.17, 15) is 14.7 Å². The molecule has 4 aliphatic heterocycles.